The molecule has 0 saturated heterocycles. The molecule has 0 unspecified atom stereocenters. The van der Waals surface area contributed by atoms with Crippen molar-refractivity contribution in [3.8, 4) is 0 Å². The lowest BCUT2D eigenvalue weighted by Gasteiger charge is -2.12. The monoisotopic (exact) mass is 306 g/mol. The summed E-state index contributed by atoms with van der Waals surface area (Å²) in [5.41, 5.74) is 2.39. The van der Waals surface area contributed by atoms with Gasteiger partial charge in [0.25, 0.3) is 5.91 Å². The fourth-order valence-electron chi connectivity index (χ4n) is 2.09. The Morgan fingerprint density at radius 2 is 1.90 bits per heavy atom. The van der Waals surface area contributed by atoms with Crippen molar-refractivity contribution in [1.82, 2.24) is 9.88 Å². The SMILES string of the molecule is CC(C)n1cc(Cl)cc1C(=O)NCc1ccc(CO)cc1. The Bertz CT molecular complexity index is 618. The minimum absolute atomic E-state index is 0.0209. The minimum Gasteiger partial charge on any atom is -0.392 e. The molecular weight excluding hydrogens is 288 g/mol. The van der Waals surface area contributed by atoms with Gasteiger partial charge in [0.15, 0.2) is 0 Å². The average Bonchev–Trinajstić information content (AvgIpc) is 2.87. The van der Waals surface area contributed by atoms with Gasteiger partial charge in [-0.3, -0.25) is 4.79 Å². The molecule has 21 heavy (non-hydrogen) atoms. The average molecular weight is 307 g/mol. The molecule has 2 N–H and O–H groups in total. The van der Waals surface area contributed by atoms with E-state index in [-0.39, 0.29) is 18.6 Å². The van der Waals surface area contributed by atoms with E-state index >= 15 is 0 Å². The van der Waals surface area contributed by atoms with E-state index < -0.39 is 0 Å². The van der Waals surface area contributed by atoms with Gasteiger partial charge in [0, 0.05) is 18.8 Å². The van der Waals surface area contributed by atoms with E-state index in [9.17, 15) is 4.79 Å². The Balaban J connectivity index is 2.04. The van der Waals surface area contributed by atoms with Gasteiger partial charge in [-0.15, -0.1) is 0 Å². The van der Waals surface area contributed by atoms with Crippen LogP contribution in [-0.4, -0.2) is 15.6 Å². The van der Waals surface area contributed by atoms with Crippen LogP contribution in [-0.2, 0) is 13.2 Å². The summed E-state index contributed by atoms with van der Waals surface area (Å²) in [5, 5.41) is 12.4. The number of nitrogens with one attached hydrogen (secondary N) is 1. The third-order valence-electron chi connectivity index (χ3n) is 3.26. The molecule has 1 amide bonds. The van der Waals surface area contributed by atoms with E-state index in [0.29, 0.717) is 17.3 Å². The van der Waals surface area contributed by atoms with Crippen LogP contribution in [0, 0.1) is 0 Å². The van der Waals surface area contributed by atoms with Crippen molar-refractivity contribution >= 4 is 17.5 Å². The number of carbonyl (C=O) groups excluding carboxylic acids is 1. The first kappa shape index (κ1) is 15.6. The number of aliphatic hydroxyl groups is 1. The fraction of sp³-hybridized carbons (Fsp3) is 0.312. The molecule has 112 valence electrons. The smallest absolute Gasteiger partial charge is 0.268 e. The van der Waals surface area contributed by atoms with Gasteiger partial charge in [0.05, 0.1) is 11.6 Å². The van der Waals surface area contributed by atoms with Gasteiger partial charge in [0.2, 0.25) is 0 Å². The van der Waals surface area contributed by atoms with E-state index in [1.54, 1.807) is 12.3 Å². The predicted molar refractivity (Wildman–Crippen MR) is 83.4 cm³/mol. The minimum atomic E-state index is -0.151. The highest BCUT2D eigenvalue weighted by atomic mass is 35.5. The number of halogens is 1. The van der Waals surface area contributed by atoms with E-state index in [4.69, 9.17) is 16.7 Å². The lowest BCUT2D eigenvalue weighted by molar-refractivity contribution is 0.0940. The number of carbonyl (C=O) groups is 1. The molecule has 5 heteroatoms. The molecule has 0 bridgehead atoms. The lowest BCUT2D eigenvalue weighted by Crippen LogP contribution is -2.25. The van der Waals surface area contributed by atoms with Crippen LogP contribution in [0.1, 0.15) is 41.5 Å². The van der Waals surface area contributed by atoms with Gasteiger partial charge in [-0.25, -0.2) is 0 Å². The van der Waals surface area contributed by atoms with Gasteiger partial charge in [-0.05, 0) is 31.0 Å². The number of amides is 1. The Morgan fingerprint density at radius 1 is 1.29 bits per heavy atom. The molecule has 2 rings (SSSR count). The second-order valence-corrected chi connectivity index (χ2v) is 5.64. The number of nitrogens with zero attached hydrogens (tertiary/aromatic N) is 1. The van der Waals surface area contributed by atoms with Crippen molar-refractivity contribution in [1.29, 1.82) is 0 Å². The van der Waals surface area contributed by atoms with Crippen LogP contribution < -0.4 is 5.32 Å². The second-order valence-electron chi connectivity index (χ2n) is 5.20. The predicted octanol–water partition coefficient (Wildman–Crippen LogP) is 3.14. The van der Waals surface area contributed by atoms with Crippen molar-refractivity contribution in [3.63, 3.8) is 0 Å². The van der Waals surface area contributed by atoms with Gasteiger partial charge in [-0.1, -0.05) is 35.9 Å². The zero-order chi connectivity index (χ0) is 15.4. The fourth-order valence-corrected chi connectivity index (χ4v) is 2.30. The van der Waals surface area contributed by atoms with Crippen LogP contribution in [0.5, 0.6) is 0 Å². The third-order valence-corrected chi connectivity index (χ3v) is 3.47. The van der Waals surface area contributed by atoms with Crippen LogP contribution in [0.25, 0.3) is 0 Å². The molecule has 0 saturated carbocycles. The van der Waals surface area contributed by atoms with Gasteiger partial charge >= 0.3 is 0 Å². The van der Waals surface area contributed by atoms with E-state index in [0.717, 1.165) is 11.1 Å². The summed E-state index contributed by atoms with van der Waals surface area (Å²) in [6.07, 6.45) is 1.76. The highest BCUT2D eigenvalue weighted by Gasteiger charge is 2.14. The number of rotatable bonds is 5. The number of aliphatic hydroxyl groups excluding tert-OH is 1. The van der Waals surface area contributed by atoms with Crippen LogP contribution in [0.2, 0.25) is 5.02 Å². The number of aromatic nitrogens is 1. The maximum absolute atomic E-state index is 12.2. The van der Waals surface area contributed by atoms with Crippen LogP contribution in [0.15, 0.2) is 36.5 Å². The molecule has 1 aromatic carbocycles. The molecule has 0 radical (unpaired) electrons. The summed E-state index contributed by atoms with van der Waals surface area (Å²) < 4.78 is 1.85. The van der Waals surface area contributed by atoms with Crippen LogP contribution in [0.3, 0.4) is 0 Å². The Hall–Kier alpha value is -1.78. The Labute approximate surface area is 129 Å². The maximum Gasteiger partial charge on any atom is 0.268 e. The quantitative estimate of drug-likeness (QED) is 0.891. The zero-order valence-corrected chi connectivity index (χ0v) is 12.9. The van der Waals surface area contributed by atoms with Crippen molar-refractivity contribution in [2.45, 2.75) is 33.0 Å². The lowest BCUT2D eigenvalue weighted by atomic mass is 10.1. The first-order valence-electron chi connectivity index (χ1n) is 6.85. The van der Waals surface area contributed by atoms with Gasteiger partial charge in [-0.2, -0.15) is 0 Å². The van der Waals surface area contributed by atoms with Crippen molar-refractivity contribution in [2.75, 3.05) is 0 Å². The number of benzene rings is 1. The zero-order valence-electron chi connectivity index (χ0n) is 12.1. The Kier molecular flexibility index (Phi) is 5.04. The summed E-state index contributed by atoms with van der Waals surface area (Å²) in [6.45, 7) is 4.46. The normalized spacial score (nSPS) is 10.9. The third kappa shape index (κ3) is 3.86. The largest absolute Gasteiger partial charge is 0.392 e. The van der Waals surface area contributed by atoms with Crippen LogP contribution >= 0.6 is 11.6 Å². The first-order chi connectivity index (χ1) is 10.0. The standard InChI is InChI=1S/C16H19ClN2O2/c1-11(2)19-9-14(17)7-15(19)16(21)18-8-12-3-5-13(10-20)6-4-12/h3-7,9,11,20H,8,10H2,1-2H3,(H,18,21). The summed E-state index contributed by atoms with van der Waals surface area (Å²) in [5.74, 6) is -0.151. The van der Waals surface area contributed by atoms with Crippen LogP contribution in [0.4, 0.5) is 0 Å². The van der Waals surface area contributed by atoms with Crippen molar-refractivity contribution < 1.29 is 9.90 Å². The summed E-state index contributed by atoms with van der Waals surface area (Å²) in [7, 11) is 0. The molecule has 2 aromatic rings. The van der Waals surface area contributed by atoms with E-state index in [1.165, 1.54) is 0 Å². The number of hydrogen-bond donors (Lipinski definition) is 2. The Morgan fingerprint density at radius 3 is 2.48 bits per heavy atom. The molecular formula is C16H19ClN2O2. The van der Waals surface area contributed by atoms with Gasteiger partial charge < -0.3 is 15.0 Å². The molecule has 1 heterocycles. The molecule has 1 aromatic heterocycles. The number of hydrogen-bond acceptors (Lipinski definition) is 2. The van der Waals surface area contributed by atoms with E-state index in [1.807, 2.05) is 42.7 Å². The molecule has 0 aliphatic carbocycles. The van der Waals surface area contributed by atoms with Crippen molar-refractivity contribution in [2.24, 2.45) is 0 Å². The summed E-state index contributed by atoms with van der Waals surface area (Å²) in [4.78, 5) is 12.2. The van der Waals surface area contributed by atoms with E-state index in [2.05, 4.69) is 5.32 Å². The highest BCUT2D eigenvalue weighted by molar-refractivity contribution is 6.31. The molecule has 0 aliphatic rings. The maximum atomic E-state index is 12.2. The highest BCUT2D eigenvalue weighted by Crippen LogP contribution is 2.18. The van der Waals surface area contributed by atoms with Gasteiger partial charge in [0.1, 0.15) is 5.69 Å². The first-order valence-corrected chi connectivity index (χ1v) is 7.23. The summed E-state index contributed by atoms with van der Waals surface area (Å²) >= 11 is 5.98. The van der Waals surface area contributed by atoms with Crippen molar-refractivity contribution in [3.05, 3.63) is 58.4 Å². The molecule has 0 atom stereocenters. The summed E-state index contributed by atoms with van der Waals surface area (Å²) in [6, 6.07) is 9.30. The molecule has 0 aliphatic heterocycles. The topological polar surface area (TPSA) is 54.3 Å². The molecule has 4 nitrogen and oxygen atoms in total. The molecule has 0 fully saturated rings. The second kappa shape index (κ2) is 6.78. The molecule has 0 spiro atoms.